The number of rotatable bonds is 9. The Bertz CT molecular complexity index is 2080. The van der Waals surface area contributed by atoms with Crippen LogP contribution in [0.3, 0.4) is 0 Å². The summed E-state index contributed by atoms with van der Waals surface area (Å²) in [5.41, 5.74) is 4.42. The molecule has 0 saturated carbocycles. The van der Waals surface area contributed by atoms with Crippen molar-refractivity contribution in [1.82, 2.24) is 44.5 Å². The number of nitrogens with one attached hydrogen (secondary N) is 2. The Morgan fingerprint density at radius 3 is 2.47 bits per heavy atom. The first-order chi connectivity index (χ1) is 24.6. The summed E-state index contributed by atoms with van der Waals surface area (Å²) in [4.78, 5) is 30.9. The number of ether oxygens (including phenoxy) is 1. The average Bonchev–Trinajstić information content (AvgIpc) is 3.44. The zero-order chi connectivity index (χ0) is 35.7. The molecule has 0 aliphatic carbocycles. The van der Waals surface area contributed by atoms with Crippen molar-refractivity contribution >= 4 is 68.4 Å². The number of hydrogen-bond acceptors (Lipinski definition) is 13. The monoisotopic (exact) mass is 774 g/mol. The molecule has 2 saturated heterocycles. The van der Waals surface area contributed by atoms with Crippen molar-refractivity contribution in [3.8, 4) is 17.0 Å². The Labute approximate surface area is 306 Å². The molecule has 51 heavy (non-hydrogen) atoms. The second-order valence-electron chi connectivity index (χ2n) is 13.6. The van der Waals surface area contributed by atoms with E-state index in [1.807, 2.05) is 37.6 Å². The Morgan fingerprint density at radius 1 is 0.922 bits per heavy atom. The van der Waals surface area contributed by atoms with Crippen molar-refractivity contribution in [2.24, 2.45) is 7.05 Å². The van der Waals surface area contributed by atoms with Gasteiger partial charge in [0.1, 0.15) is 30.0 Å². The van der Waals surface area contributed by atoms with Crippen LogP contribution in [0, 0.1) is 0 Å². The molecule has 0 atom stereocenters. The molecule has 2 N–H and O–H groups in total. The van der Waals surface area contributed by atoms with Gasteiger partial charge in [0, 0.05) is 75.2 Å². The molecule has 4 aromatic heterocycles. The number of aryl methyl sites for hydroxylation is 1. The summed E-state index contributed by atoms with van der Waals surface area (Å²) in [5.74, 6) is 2.12. The van der Waals surface area contributed by atoms with Gasteiger partial charge in [0.15, 0.2) is 0 Å². The minimum atomic E-state index is -2.77. The van der Waals surface area contributed by atoms with E-state index in [9.17, 15) is 4.57 Å². The number of fused-ring (bicyclic) bond motifs is 1. The van der Waals surface area contributed by atoms with Gasteiger partial charge in [0.05, 0.1) is 34.3 Å². The Morgan fingerprint density at radius 2 is 1.73 bits per heavy atom. The van der Waals surface area contributed by atoms with Crippen LogP contribution in [0.15, 0.2) is 53.7 Å². The number of halogens is 1. The SMILES string of the molecule is COc1nc(N2CCC(N3CCCN(C)CC3)CC2)c(-c2cnn(C)c2)cc1Nc1ncc(Br)c(Nc2ccc3nccnc3c2P(C)(C)=O)n1. The van der Waals surface area contributed by atoms with E-state index in [1.165, 1.54) is 13.0 Å². The van der Waals surface area contributed by atoms with Gasteiger partial charge in [0.2, 0.25) is 11.8 Å². The molecule has 2 aliphatic rings. The van der Waals surface area contributed by atoms with Gasteiger partial charge < -0.3 is 29.7 Å². The lowest BCUT2D eigenvalue weighted by atomic mass is 10.0. The Balaban J connectivity index is 1.18. The third kappa shape index (κ3) is 7.71. The zero-order valence-corrected chi connectivity index (χ0v) is 32.2. The summed E-state index contributed by atoms with van der Waals surface area (Å²) >= 11 is 3.59. The molecule has 5 aromatic rings. The molecule has 1 aromatic carbocycles. The van der Waals surface area contributed by atoms with Gasteiger partial charge in [-0.1, -0.05) is 0 Å². The highest BCUT2D eigenvalue weighted by molar-refractivity contribution is 9.10. The van der Waals surface area contributed by atoms with Gasteiger partial charge in [-0.3, -0.25) is 19.5 Å². The summed E-state index contributed by atoms with van der Waals surface area (Å²) in [5, 5.41) is 11.8. The third-order valence-electron chi connectivity index (χ3n) is 9.61. The first kappa shape index (κ1) is 35.2. The van der Waals surface area contributed by atoms with Crippen LogP contribution in [-0.4, -0.2) is 117 Å². The average molecular weight is 776 g/mol. The number of piperidine rings is 1. The third-order valence-corrected chi connectivity index (χ3v) is 11.7. The van der Waals surface area contributed by atoms with Gasteiger partial charge >= 0.3 is 0 Å². The van der Waals surface area contributed by atoms with Crippen molar-refractivity contribution in [3.05, 3.63) is 53.7 Å². The van der Waals surface area contributed by atoms with E-state index in [0.717, 1.165) is 62.5 Å². The lowest BCUT2D eigenvalue weighted by Crippen LogP contribution is -2.46. The highest BCUT2D eigenvalue weighted by atomic mass is 79.9. The van der Waals surface area contributed by atoms with Crippen LogP contribution in [-0.2, 0) is 11.6 Å². The van der Waals surface area contributed by atoms with Crippen LogP contribution >= 0.6 is 23.1 Å². The van der Waals surface area contributed by atoms with Crippen molar-refractivity contribution < 1.29 is 9.30 Å². The van der Waals surface area contributed by atoms with Crippen LogP contribution in [0.2, 0.25) is 0 Å². The predicted molar refractivity (Wildman–Crippen MR) is 207 cm³/mol. The highest BCUT2D eigenvalue weighted by Gasteiger charge is 2.29. The predicted octanol–water partition coefficient (Wildman–Crippen LogP) is 5.33. The molecule has 0 spiro atoms. The summed E-state index contributed by atoms with van der Waals surface area (Å²) in [6, 6.07) is 6.33. The van der Waals surface area contributed by atoms with Gasteiger partial charge in [0.25, 0.3) is 0 Å². The molecule has 16 heteroatoms. The first-order valence-corrected chi connectivity index (χ1v) is 20.6. The molecule has 2 fully saturated rings. The fourth-order valence-electron chi connectivity index (χ4n) is 7.05. The van der Waals surface area contributed by atoms with Gasteiger partial charge in [-0.05, 0) is 86.9 Å². The van der Waals surface area contributed by atoms with Gasteiger partial charge in [-0.2, -0.15) is 15.1 Å². The summed E-state index contributed by atoms with van der Waals surface area (Å²) < 4.78 is 21.8. The topological polar surface area (TPSA) is 142 Å². The van der Waals surface area contributed by atoms with Crippen LogP contribution in [0.25, 0.3) is 22.2 Å². The Kier molecular flexibility index (Phi) is 10.2. The fraction of sp³-hybridized carbons (Fsp3) is 0.429. The van der Waals surface area contributed by atoms with E-state index in [2.05, 4.69) is 68.4 Å². The first-order valence-electron chi connectivity index (χ1n) is 17.2. The number of aromatic nitrogens is 7. The molecule has 7 rings (SSSR count). The maximum Gasteiger partial charge on any atom is 0.239 e. The maximum atomic E-state index is 13.5. The number of hydrogen-bond donors (Lipinski definition) is 2. The smallest absolute Gasteiger partial charge is 0.239 e. The van der Waals surface area contributed by atoms with Crippen LogP contribution in [0.4, 0.5) is 29.0 Å². The Hall–Kier alpha value is -4.17. The molecule has 0 radical (unpaired) electrons. The van der Waals surface area contributed by atoms with E-state index in [1.54, 1.807) is 43.7 Å². The normalized spacial score (nSPS) is 16.7. The summed E-state index contributed by atoms with van der Waals surface area (Å²) in [7, 11) is 2.98. The highest BCUT2D eigenvalue weighted by Crippen LogP contribution is 2.42. The van der Waals surface area contributed by atoms with Crippen LogP contribution in [0.5, 0.6) is 5.88 Å². The van der Waals surface area contributed by atoms with Crippen LogP contribution in [0.1, 0.15) is 19.3 Å². The standard InChI is InChI=1S/C35H44BrN12O2P/c1-45-13-6-14-47(18-17-45)24-9-15-48(16-10-24)33-25(23-20-40-46(2)22-23)19-29(34(44-33)50-3)42-35-39-21-26(36)32(43-35)41-28-8-7-27-30(38-12-11-37-27)31(28)51(4,5)49/h7-8,11-12,19-22,24H,6,9-10,13-18H2,1-5H3,(H2,39,41,42,43). The summed E-state index contributed by atoms with van der Waals surface area (Å²) in [6.07, 6.45) is 12.1. The molecule has 14 nitrogen and oxygen atoms in total. The van der Waals surface area contributed by atoms with Crippen molar-refractivity contribution in [2.75, 3.05) is 82.3 Å². The molecule has 2 aliphatic heterocycles. The van der Waals surface area contributed by atoms with E-state index >= 15 is 0 Å². The van der Waals surface area contributed by atoms with Crippen molar-refractivity contribution in [3.63, 3.8) is 0 Å². The summed E-state index contributed by atoms with van der Waals surface area (Å²) in [6.45, 7) is 9.84. The van der Waals surface area contributed by atoms with Crippen molar-refractivity contribution in [1.29, 1.82) is 0 Å². The minimum Gasteiger partial charge on any atom is -0.479 e. The molecule has 0 bridgehead atoms. The number of methoxy groups -OCH3 is 1. The number of likely N-dealkylation sites (N-methyl/N-ethyl adjacent to an activating group) is 1. The minimum absolute atomic E-state index is 0.327. The van der Waals surface area contributed by atoms with Crippen LogP contribution < -0.4 is 25.6 Å². The lowest BCUT2D eigenvalue weighted by molar-refractivity contribution is 0.174. The van der Waals surface area contributed by atoms with E-state index in [0.29, 0.717) is 55.9 Å². The molecular formula is C35H44BrN12O2P. The number of anilines is 5. The second-order valence-corrected chi connectivity index (χ2v) is 17.6. The molecule has 6 heterocycles. The van der Waals surface area contributed by atoms with E-state index < -0.39 is 7.14 Å². The quantitative estimate of drug-likeness (QED) is 0.187. The zero-order valence-electron chi connectivity index (χ0n) is 29.7. The van der Waals surface area contributed by atoms with Gasteiger partial charge in [-0.15, -0.1) is 0 Å². The molecule has 268 valence electrons. The molecular weight excluding hydrogens is 731 g/mol. The molecule has 0 amide bonds. The second kappa shape index (κ2) is 14.8. The largest absolute Gasteiger partial charge is 0.479 e. The number of pyridine rings is 1. The number of benzene rings is 1. The fourth-order valence-corrected chi connectivity index (χ4v) is 8.73. The van der Waals surface area contributed by atoms with Crippen molar-refractivity contribution in [2.45, 2.75) is 25.3 Å². The maximum absolute atomic E-state index is 13.5. The lowest BCUT2D eigenvalue weighted by Gasteiger charge is -2.39. The van der Waals surface area contributed by atoms with E-state index in [-0.39, 0.29) is 0 Å². The molecule has 0 unspecified atom stereocenters. The number of nitrogens with zero attached hydrogens (tertiary/aromatic N) is 10. The van der Waals surface area contributed by atoms with E-state index in [4.69, 9.17) is 14.7 Å². The van der Waals surface area contributed by atoms with Gasteiger partial charge in [-0.25, -0.2) is 4.98 Å².